The standard InChI is InChI=1S/C15H14BrClN4/c1-9-12-5-10(8-19-15(12)21(2)20-9)7-18-14-4-3-11(17)6-13(14)16/h3-6,8,18H,7H2,1-2H3. The van der Waals surface area contributed by atoms with Crippen molar-refractivity contribution in [2.45, 2.75) is 13.5 Å². The van der Waals surface area contributed by atoms with Gasteiger partial charge in [-0.05, 0) is 52.7 Å². The van der Waals surface area contributed by atoms with Crippen LogP contribution in [-0.4, -0.2) is 14.8 Å². The number of hydrogen-bond acceptors (Lipinski definition) is 3. The minimum absolute atomic E-state index is 0.692. The summed E-state index contributed by atoms with van der Waals surface area (Å²) in [6.45, 7) is 2.69. The number of aromatic nitrogens is 3. The van der Waals surface area contributed by atoms with E-state index in [1.165, 1.54) is 0 Å². The highest BCUT2D eigenvalue weighted by Crippen LogP contribution is 2.26. The highest BCUT2D eigenvalue weighted by atomic mass is 79.9. The van der Waals surface area contributed by atoms with E-state index in [2.05, 4.69) is 37.4 Å². The Morgan fingerprint density at radius 1 is 1.33 bits per heavy atom. The highest BCUT2D eigenvalue weighted by molar-refractivity contribution is 9.10. The van der Waals surface area contributed by atoms with Crippen LogP contribution in [-0.2, 0) is 13.6 Å². The van der Waals surface area contributed by atoms with Crippen LogP contribution in [0.4, 0.5) is 5.69 Å². The first-order valence-electron chi connectivity index (χ1n) is 6.52. The van der Waals surface area contributed by atoms with Crippen LogP contribution in [0.3, 0.4) is 0 Å². The number of nitrogens with zero attached hydrogens (tertiary/aromatic N) is 3. The Morgan fingerprint density at radius 3 is 2.90 bits per heavy atom. The van der Waals surface area contributed by atoms with Crippen molar-refractivity contribution in [2.75, 3.05) is 5.32 Å². The molecule has 4 nitrogen and oxygen atoms in total. The molecule has 2 aromatic heterocycles. The van der Waals surface area contributed by atoms with E-state index >= 15 is 0 Å². The second-order valence-corrected chi connectivity index (χ2v) is 6.19. The predicted octanol–water partition coefficient (Wildman–Crippen LogP) is 4.30. The molecular formula is C15H14BrClN4. The third kappa shape index (κ3) is 2.89. The van der Waals surface area contributed by atoms with E-state index in [1.54, 1.807) is 4.68 Å². The topological polar surface area (TPSA) is 42.7 Å². The summed E-state index contributed by atoms with van der Waals surface area (Å²) in [6, 6.07) is 7.81. The normalized spacial score (nSPS) is 11.0. The Hall–Kier alpha value is -1.59. The van der Waals surface area contributed by atoms with Gasteiger partial charge in [-0.25, -0.2) is 4.98 Å². The van der Waals surface area contributed by atoms with E-state index in [-0.39, 0.29) is 0 Å². The van der Waals surface area contributed by atoms with Crippen LogP contribution in [0.1, 0.15) is 11.3 Å². The van der Waals surface area contributed by atoms with Gasteiger partial charge in [0.25, 0.3) is 0 Å². The second kappa shape index (κ2) is 5.66. The van der Waals surface area contributed by atoms with Crippen LogP contribution in [0.15, 0.2) is 34.9 Å². The molecule has 0 bridgehead atoms. The zero-order valence-corrected chi connectivity index (χ0v) is 14.0. The molecule has 3 aromatic rings. The van der Waals surface area contributed by atoms with Crippen LogP contribution < -0.4 is 5.32 Å². The zero-order valence-electron chi connectivity index (χ0n) is 11.7. The van der Waals surface area contributed by atoms with Gasteiger partial charge in [0.15, 0.2) is 5.65 Å². The lowest BCUT2D eigenvalue weighted by Gasteiger charge is -2.09. The third-order valence-electron chi connectivity index (χ3n) is 3.33. The first-order valence-corrected chi connectivity index (χ1v) is 7.69. The molecule has 0 saturated heterocycles. The molecule has 108 valence electrons. The molecule has 0 aliphatic carbocycles. The number of nitrogens with one attached hydrogen (secondary N) is 1. The molecule has 6 heteroatoms. The fourth-order valence-electron chi connectivity index (χ4n) is 2.28. The Morgan fingerprint density at radius 2 is 2.14 bits per heavy atom. The Bertz CT molecular complexity index is 813. The lowest BCUT2D eigenvalue weighted by atomic mass is 10.2. The summed E-state index contributed by atoms with van der Waals surface area (Å²) in [5, 5.41) is 9.56. The molecule has 0 radical (unpaired) electrons. The van der Waals surface area contributed by atoms with Crippen LogP contribution in [0.2, 0.25) is 5.02 Å². The van der Waals surface area contributed by atoms with Crippen molar-refractivity contribution in [3.05, 3.63) is 51.2 Å². The van der Waals surface area contributed by atoms with Gasteiger partial charge in [0.2, 0.25) is 0 Å². The fourth-order valence-corrected chi connectivity index (χ4v) is 3.10. The van der Waals surface area contributed by atoms with Crippen molar-refractivity contribution in [1.29, 1.82) is 0 Å². The molecule has 1 aromatic carbocycles. The van der Waals surface area contributed by atoms with Crippen LogP contribution in [0.25, 0.3) is 11.0 Å². The number of aryl methyl sites for hydroxylation is 2. The maximum absolute atomic E-state index is 5.94. The van der Waals surface area contributed by atoms with E-state index in [0.717, 1.165) is 32.5 Å². The molecule has 0 fully saturated rings. The molecule has 0 spiro atoms. The summed E-state index contributed by atoms with van der Waals surface area (Å²) in [7, 11) is 1.91. The van der Waals surface area contributed by atoms with Gasteiger partial charge in [-0.2, -0.15) is 5.10 Å². The number of hydrogen-bond donors (Lipinski definition) is 1. The van der Waals surface area contributed by atoms with Crippen molar-refractivity contribution in [1.82, 2.24) is 14.8 Å². The van der Waals surface area contributed by atoms with Gasteiger partial charge in [0.05, 0.1) is 5.69 Å². The van der Waals surface area contributed by atoms with E-state index in [1.807, 2.05) is 38.4 Å². The van der Waals surface area contributed by atoms with Gasteiger partial charge in [0.1, 0.15) is 0 Å². The third-order valence-corrected chi connectivity index (χ3v) is 4.22. The summed E-state index contributed by atoms with van der Waals surface area (Å²) < 4.78 is 2.75. The Labute approximate surface area is 136 Å². The number of rotatable bonds is 3. The molecule has 0 saturated carbocycles. The molecule has 0 atom stereocenters. The number of pyridine rings is 1. The number of fused-ring (bicyclic) bond motifs is 1. The quantitative estimate of drug-likeness (QED) is 0.752. The smallest absolute Gasteiger partial charge is 0.157 e. The van der Waals surface area contributed by atoms with Crippen LogP contribution in [0, 0.1) is 6.92 Å². The minimum atomic E-state index is 0.692. The van der Waals surface area contributed by atoms with Crippen molar-refractivity contribution in [3.63, 3.8) is 0 Å². The van der Waals surface area contributed by atoms with E-state index < -0.39 is 0 Å². The lowest BCUT2D eigenvalue weighted by Crippen LogP contribution is -2.01. The van der Waals surface area contributed by atoms with Gasteiger partial charge < -0.3 is 5.32 Å². The summed E-state index contributed by atoms with van der Waals surface area (Å²) in [6.07, 6.45) is 1.88. The maximum atomic E-state index is 5.94. The monoisotopic (exact) mass is 364 g/mol. The average Bonchev–Trinajstić information content (AvgIpc) is 2.73. The molecule has 2 heterocycles. The molecule has 0 amide bonds. The Balaban J connectivity index is 1.83. The predicted molar refractivity (Wildman–Crippen MR) is 89.7 cm³/mol. The first kappa shape index (κ1) is 14.4. The van der Waals surface area contributed by atoms with Crippen molar-refractivity contribution in [2.24, 2.45) is 7.05 Å². The minimum Gasteiger partial charge on any atom is -0.380 e. The van der Waals surface area contributed by atoms with Crippen LogP contribution in [0.5, 0.6) is 0 Å². The molecule has 3 rings (SSSR count). The molecule has 0 aliphatic heterocycles. The van der Waals surface area contributed by atoms with Gasteiger partial charge in [0, 0.05) is 40.4 Å². The first-order chi connectivity index (χ1) is 10.0. The van der Waals surface area contributed by atoms with Gasteiger partial charge in [-0.3, -0.25) is 4.68 Å². The van der Waals surface area contributed by atoms with Crippen molar-refractivity contribution >= 4 is 44.3 Å². The SMILES string of the molecule is Cc1nn(C)c2ncc(CNc3ccc(Cl)cc3Br)cc12. The molecule has 0 aliphatic rings. The number of halogens is 2. The average molecular weight is 366 g/mol. The van der Waals surface area contributed by atoms with E-state index in [4.69, 9.17) is 11.6 Å². The molecular weight excluding hydrogens is 352 g/mol. The molecule has 21 heavy (non-hydrogen) atoms. The molecule has 0 unspecified atom stereocenters. The maximum Gasteiger partial charge on any atom is 0.157 e. The lowest BCUT2D eigenvalue weighted by molar-refractivity contribution is 0.773. The summed E-state index contributed by atoms with van der Waals surface area (Å²) >= 11 is 9.44. The summed E-state index contributed by atoms with van der Waals surface area (Å²) in [5.41, 5.74) is 4.02. The van der Waals surface area contributed by atoms with E-state index in [9.17, 15) is 0 Å². The van der Waals surface area contributed by atoms with Gasteiger partial charge in [-0.15, -0.1) is 0 Å². The summed E-state index contributed by atoms with van der Waals surface area (Å²) in [4.78, 5) is 4.48. The van der Waals surface area contributed by atoms with E-state index in [0.29, 0.717) is 11.6 Å². The number of benzene rings is 1. The Kier molecular flexibility index (Phi) is 3.87. The zero-order chi connectivity index (χ0) is 15.0. The van der Waals surface area contributed by atoms with Gasteiger partial charge >= 0.3 is 0 Å². The van der Waals surface area contributed by atoms with Crippen molar-refractivity contribution in [3.8, 4) is 0 Å². The second-order valence-electron chi connectivity index (χ2n) is 4.90. The molecule has 1 N–H and O–H groups in total. The fraction of sp³-hybridized carbons (Fsp3) is 0.200. The summed E-state index contributed by atoms with van der Waals surface area (Å²) in [5.74, 6) is 0. The van der Waals surface area contributed by atoms with Crippen molar-refractivity contribution < 1.29 is 0 Å². The van der Waals surface area contributed by atoms with Gasteiger partial charge in [-0.1, -0.05) is 11.6 Å². The number of anilines is 1. The highest BCUT2D eigenvalue weighted by Gasteiger charge is 2.07. The van der Waals surface area contributed by atoms with Crippen LogP contribution >= 0.6 is 27.5 Å². The largest absolute Gasteiger partial charge is 0.380 e.